The molecule has 3 nitrogen and oxygen atoms in total. The summed E-state index contributed by atoms with van der Waals surface area (Å²) in [5.41, 5.74) is 2.89. The quantitative estimate of drug-likeness (QED) is 0.553. The zero-order chi connectivity index (χ0) is 11.3. The maximum atomic E-state index is 10.5. The SMILES string of the molecule is CCc1ccnc(C(=CC=O)N(C)C)c1. The fraction of sp³-hybridized carbons (Fsp3) is 0.333. The molecule has 0 unspecified atom stereocenters. The number of aryl methyl sites for hydroxylation is 1. The minimum absolute atomic E-state index is 0.787. The average molecular weight is 204 g/mol. The predicted octanol–water partition coefficient (Wildman–Crippen LogP) is 1.75. The van der Waals surface area contributed by atoms with Gasteiger partial charge in [0.1, 0.15) is 6.29 Å². The molecule has 0 aliphatic heterocycles. The smallest absolute Gasteiger partial charge is 0.144 e. The first-order valence-corrected chi connectivity index (χ1v) is 4.97. The molecule has 0 aliphatic carbocycles. The van der Waals surface area contributed by atoms with Gasteiger partial charge in [-0.2, -0.15) is 0 Å². The van der Waals surface area contributed by atoms with Crippen LogP contribution in [0.5, 0.6) is 0 Å². The van der Waals surface area contributed by atoms with Crippen molar-refractivity contribution in [2.45, 2.75) is 13.3 Å². The minimum Gasteiger partial charge on any atom is -0.376 e. The van der Waals surface area contributed by atoms with Crippen molar-refractivity contribution in [1.29, 1.82) is 0 Å². The number of rotatable bonds is 4. The van der Waals surface area contributed by atoms with Crippen molar-refractivity contribution in [3.8, 4) is 0 Å². The molecule has 0 amide bonds. The van der Waals surface area contributed by atoms with Gasteiger partial charge in [-0.25, -0.2) is 0 Å². The van der Waals surface area contributed by atoms with E-state index in [1.54, 1.807) is 6.20 Å². The van der Waals surface area contributed by atoms with E-state index in [0.717, 1.165) is 24.1 Å². The zero-order valence-electron chi connectivity index (χ0n) is 9.40. The molecule has 1 rings (SSSR count). The first-order chi connectivity index (χ1) is 7.19. The molecule has 0 spiro atoms. The van der Waals surface area contributed by atoms with E-state index >= 15 is 0 Å². The normalized spacial score (nSPS) is 11.3. The van der Waals surface area contributed by atoms with Gasteiger partial charge in [-0.15, -0.1) is 0 Å². The molecular formula is C12H16N2O. The van der Waals surface area contributed by atoms with E-state index in [1.807, 2.05) is 31.1 Å². The molecule has 0 bridgehead atoms. The van der Waals surface area contributed by atoms with Crippen molar-refractivity contribution in [2.75, 3.05) is 14.1 Å². The highest BCUT2D eigenvalue weighted by Gasteiger charge is 2.05. The molecule has 0 aliphatic rings. The van der Waals surface area contributed by atoms with Gasteiger partial charge in [0.05, 0.1) is 11.4 Å². The Hall–Kier alpha value is -1.64. The summed E-state index contributed by atoms with van der Waals surface area (Å²) >= 11 is 0. The average Bonchev–Trinajstić information content (AvgIpc) is 2.25. The Morgan fingerprint density at radius 1 is 1.53 bits per heavy atom. The van der Waals surface area contributed by atoms with Crippen molar-refractivity contribution < 1.29 is 4.79 Å². The fourth-order valence-corrected chi connectivity index (χ4v) is 1.36. The van der Waals surface area contributed by atoms with E-state index < -0.39 is 0 Å². The maximum absolute atomic E-state index is 10.5. The van der Waals surface area contributed by atoms with Gasteiger partial charge in [-0.1, -0.05) is 6.92 Å². The third-order valence-electron chi connectivity index (χ3n) is 2.20. The van der Waals surface area contributed by atoms with Crippen LogP contribution < -0.4 is 0 Å². The second-order valence-corrected chi connectivity index (χ2v) is 3.49. The molecule has 80 valence electrons. The van der Waals surface area contributed by atoms with Crippen LogP contribution >= 0.6 is 0 Å². The van der Waals surface area contributed by atoms with Crippen molar-refractivity contribution in [3.63, 3.8) is 0 Å². The molecule has 0 N–H and O–H groups in total. The van der Waals surface area contributed by atoms with E-state index in [2.05, 4.69) is 11.9 Å². The molecule has 1 heterocycles. The zero-order valence-corrected chi connectivity index (χ0v) is 9.40. The van der Waals surface area contributed by atoms with Crippen molar-refractivity contribution in [2.24, 2.45) is 0 Å². The van der Waals surface area contributed by atoms with Gasteiger partial charge in [0.25, 0.3) is 0 Å². The van der Waals surface area contributed by atoms with Crippen molar-refractivity contribution in [3.05, 3.63) is 35.7 Å². The molecule has 1 aromatic heterocycles. The Morgan fingerprint density at radius 3 is 2.80 bits per heavy atom. The molecule has 3 heteroatoms. The molecule has 0 aromatic carbocycles. The van der Waals surface area contributed by atoms with Crippen LogP contribution in [0, 0.1) is 0 Å². The molecule has 0 saturated heterocycles. The minimum atomic E-state index is 0.787. The standard InChI is InChI=1S/C12H16N2O/c1-4-10-5-7-13-11(9-10)12(6-8-15)14(2)3/h5-9H,4H2,1-3H3. The maximum Gasteiger partial charge on any atom is 0.144 e. The van der Waals surface area contributed by atoms with Gasteiger partial charge in [0.2, 0.25) is 0 Å². The third-order valence-corrected chi connectivity index (χ3v) is 2.20. The lowest BCUT2D eigenvalue weighted by molar-refractivity contribution is -0.104. The molecular weight excluding hydrogens is 188 g/mol. The Kier molecular flexibility index (Phi) is 4.03. The Bertz CT molecular complexity index is 370. The lowest BCUT2D eigenvalue weighted by atomic mass is 10.1. The summed E-state index contributed by atoms with van der Waals surface area (Å²) in [6.45, 7) is 2.10. The van der Waals surface area contributed by atoms with Gasteiger partial charge >= 0.3 is 0 Å². The number of hydrogen-bond acceptors (Lipinski definition) is 3. The monoisotopic (exact) mass is 204 g/mol. The molecule has 0 atom stereocenters. The summed E-state index contributed by atoms with van der Waals surface area (Å²) in [4.78, 5) is 16.7. The summed E-state index contributed by atoms with van der Waals surface area (Å²) < 4.78 is 0. The summed E-state index contributed by atoms with van der Waals surface area (Å²) in [7, 11) is 3.80. The number of pyridine rings is 1. The van der Waals surface area contributed by atoms with Crippen molar-refractivity contribution in [1.82, 2.24) is 9.88 Å². The van der Waals surface area contributed by atoms with Crippen LogP contribution in [0.25, 0.3) is 5.70 Å². The number of hydrogen-bond donors (Lipinski definition) is 0. The van der Waals surface area contributed by atoms with Crippen LogP contribution in [-0.2, 0) is 11.2 Å². The van der Waals surface area contributed by atoms with Crippen LogP contribution in [0.2, 0.25) is 0 Å². The first-order valence-electron chi connectivity index (χ1n) is 4.97. The number of carbonyl (C=O) groups excluding carboxylic acids is 1. The highest BCUT2D eigenvalue weighted by molar-refractivity contribution is 5.79. The van der Waals surface area contributed by atoms with E-state index in [9.17, 15) is 4.79 Å². The summed E-state index contributed by atoms with van der Waals surface area (Å²) in [5, 5.41) is 0. The Morgan fingerprint density at radius 2 is 2.27 bits per heavy atom. The van der Waals surface area contributed by atoms with Gasteiger partial charge in [0.15, 0.2) is 0 Å². The summed E-state index contributed by atoms with van der Waals surface area (Å²) in [6.07, 6.45) is 5.06. The fourth-order valence-electron chi connectivity index (χ4n) is 1.36. The summed E-state index contributed by atoms with van der Waals surface area (Å²) in [5.74, 6) is 0. The van der Waals surface area contributed by atoms with E-state index in [1.165, 1.54) is 11.6 Å². The highest BCUT2D eigenvalue weighted by Crippen LogP contribution is 2.14. The van der Waals surface area contributed by atoms with Gasteiger partial charge in [0, 0.05) is 26.4 Å². The van der Waals surface area contributed by atoms with Gasteiger partial charge in [-0.3, -0.25) is 9.78 Å². The van der Waals surface area contributed by atoms with Crippen molar-refractivity contribution >= 4 is 12.0 Å². The van der Waals surface area contributed by atoms with Crippen LogP contribution in [0.4, 0.5) is 0 Å². The number of aromatic nitrogens is 1. The van der Waals surface area contributed by atoms with Gasteiger partial charge < -0.3 is 4.90 Å². The van der Waals surface area contributed by atoms with E-state index in [4.69, 9.17) is 0 Å². The largest absolute Gasteiger partial charge is 0.376 e. The number of nitrogens with zero attached hydrogens (tertiary/aromatic N) is 2. The van der Waals surface area contributed by atoms with Crippen LogP contribution in [-0.4, -0.2) is 30.3 Å². The Balaban J connectivity index is 3.11. The van der Waals surface area contributed by atoms with Crippen LogP contribution in [0.3, 0.4) is 0 Å². The lowest BCUT2D eigenvalue weighted by Gasteiger charge is -2.16. The third kappa shape index (κ3) is 2.91. The second-order valence-electron chi connectivity index (χ2n) is 3.49. The number of aldehydes is 1. The highest BCUT2D eigenvalue weighted by atomic mass is 16.1. The van der Waals surface area contributed by atoms with Crippen LogP contribution in [0.15, 0.2) is 24.4 Å². The second kappa shape index (κ2) is 5.29. The molecule has 0 fully saturated rings. The molecule has 15 heavy (non-hydrogen) atoms. The van der Waals surface area contributed by atoms with Gasteiger partial charge in [-0.05, 0) is 24.1 Å². The number of carbonyl (C=O) groups is 1. The van der Waals surface area contributed by atoms with E-state index in [-0.39, 0.29) is 0 Å². The Labute approximate surface area is 90.4 Å². The topological polar surface area (TPSA) is 33.2 Å². The van der Waals surface area contributed by atoms with E-state index in [0.29, 0.717) is 0 Å². The first kappa shape index (κ1) is 11.4. The molecule has 0 radical (unpaired) electrons. The van der Waals surface area contributed by atoms with Crippen LogP contribution in [0.1, 0.15) is 18.2 Å². The number of allylic oxidation sites excluding steroid dienone is 1. The molecule has 1 aromatic rings. The summed E-state index contributed by atoms with van der Waals surface area (Å²) in [6, 6.07) is 3.99. The lowest BCUT2D eigenvalue weighted by Crippen LogP contribution is -2.11. The molecule has 0 saturated carbocycles. The predicted molar refractivity (Wildman–Crippen MR) is 61.3 cm³/mol.